The molecule has 0 atom stereocenters. The van der Waals surface area contributed by atoms with Crippen molar-refractivity contribution in [2.45, 2.75) is 20.8 Å². The maximum Gasteiger partial charge on any atom is 0.128 e. The van der Waals surface area contributed by atoms with Gasteiger partial charge in [0.15, 0.2) is 0 Å². The summed E-state index contributed by atoms with van der Waals surface area (Å²) >= 11 is 0. The van der Waals surface area contributed by atoms with E-state index in [-0.39, 0.29) is 0 Å². The van der Waals surface area contributed by atoms with Crippen LogP contribution in [0.3, 0.4) is 0 Å². The van der Waals surface area contributed by atoms with Crippen LogP contribution in [0, 0.1) is 6.92 Å². The average molecular weight is 203 g/mol. The first-order valence-electron chi connectivity index (χ1n) is 4.98. The molecule has 0 spiro atoms. The molecule has 0 unspecified atom stereocenters. The molecular formula is C12H17N3. The van der Waals surface area contributed by atoms with Gasteiger partial charge in [-0.2, -0.15) is 0 Å². The summed E-state index contributed by atoms with van der Waals surface area (Å²) in [5, 5.41) is 0. The van der Waals surface area contributed by atoms with Gasteiger partial charge in [-0.05, 0) is 6.92 Å². The second-order valence-electron chi connectivity index (χ2n) is 2.34. The lowest BCUT2D eigenvalue weighted by atomic mass is 10.4. The number of hydrogen-bond acceptors (Lipinski definition) is 3. The van der Waals surface area contributed by atoms with Crippen LogP contribution in [0.5, 0.6) is 0 Å². The molecule has 3 heteroatoms. The highest BCUT2D eigenvalue weighted by Gasteiger charge is 1.75. The van der Waals surface area contributed by atoms with E-state index in [2.05, 4.69) is 15.0 Å². The average Bonchev–Trinajstić information content (AvgIpc) is 2.36. The summed E-state index contributed by atoms with van der Waals surface area (Å²) < 4.78 is 0. The molecule has 15 heavy (non-hydrogen) atoms. The van der Waals surface area contributed by atoms with Gasteiger partial charge < -0.3 is 0 Å². The van der Waals surface area contributed by atoms with Gasteiger partial charge >= 0.3 is 0 Å². The number of benzene rings is 1. The van der Waals surface area contributed by atoms with Gasteiger partial charge in [0.2, 0.25) is 0 Å². The van der Waals surface area contributed by atoms with Gasteiger partial charge in [0, 0.05) is 0 Å². The quantitative estimate of drug-likeness (QED) is 0.660. The van der Waals surface area contributed by atoms with Crippen molar-refractivity contribution in [3.63, 3.8) is 0 Å². The topological polar surface area (TPSA) is 38.7 Å². The third-order valence-corrected chi connectivity index (χ3v) is 1.29. The highest BCUT2D eigenvalue weighted by atomic mass is 15.0. The molecule has 0 aliphatic heterocycles. The van der Waals surface area contributed by atoms with E-state index in [0.29, 0.717) is 0 Å². The lowest BCUT2D eigenvalue weighted by Crippen LogP contribution is -1.84. The van der Waals surface area contributed by atoms with Crippen LogP contribution >= 0.6 is 0 Å². The summed E-state index contributed by atoms with van der Waals surface area (Å²) in [4.78, 5) is 11.1. The van der Waals surface area contributed by atoms with Crippen molar-refractivity contribution in [1.29, 1.82) is 0 Å². The smallest absolute Gasteiger partial charge is 0.128 e. The first-order valence-corrected chi connectivity index (χ1v) is 4.98. The number of nitrogens with zero attached hydrogens (tertiary/aromatic N) is 3. The van der Waals surface area contributed by atoms with E-state index in [4.69, 9.17) is 0 Å². The van der Waals surface area contributed by atoms with Crippen molar-refractivity contribution >= 4 is 0 Å². The zero-order chi connectivity index (χ0) is 11.4. The Kier molecular flexibility index (Phi) is 9.09. The molecule has 1 heterocycles. The molecule has 0 aliphatic rings. The summed E-state index contributed by atoms with van der Waals surface area (Å²) in [6.45, 7) is 5.82. The maximum atomic E-state index is 3.76. The summed E-state index contributed by atoms with van der Waals surface area (Å²) in [6.07, 6.45) is 2.95. The number of aromatic nitrogens is 3. The van der Waals surface area contributed by atoms with E-state index in [0.717, 1.165) is 5.82 Å². The van der Waals surface area contributed by atoms with E-state index >= 15 is 0 Å². The van der Waals surface area contributed by atoms with Crippen molar-refractivity contribution in [2.24, 2.45) is 0 Å². The lowest BCUT2D eigenvalue weighted by Gasteiger charge is -1.80. The van der Waals surface area contributed by atoms with Crippen LogP contribution in [0.15, 0.2) is 49.1 Å². The molecule has 0 radical (unpaired) electrons. The van der Waals surface area contributed by atoms with E-state index in [1.165, 1.54) is 12.7 Å². The molecular weight excluding hydrogens is 186 g/mol. The van der Waals surface area contributed by atoms with Crippen molar-refractivity contribution < 1.29 is 0 Å². The largest absolute Gasteiger partial charge is 0.225 e. The molecule has 0 aliphatic carbocycles. The Morgan fingerprint density at radius 2 is 1.07 bits per heavy atom. The molecule has 1 aromatic carbocycles. The third kappa shape index (κ3) is 8.56. The second-order valence-corrected chi connectivity index (χ2v) is 2.34. The Morgan fingerprint density at radius 1 is 0.733 bits per heavy atom. The summed E-state index contributed by atoms with van der Waals surface area (Å²) in [7, 11) is 0. The zero-order valence-electron chi connectivity index (χ0n) is 9.46. The van der Waals surface area contributed by atoms with E-state index in [9.17, 15) is 0 Å². The van der Waals surface area contributed by atoms with Crippen molar-refractivity contribution in [1.82, 2.24) is 15.0 Å². The fraction of sp³-hybridized carbons (Fsp3) is 0.250. The van der Waals surface area contributed by atoms with Gasteiger partial charge in [0.25, 0.3) is 0 Å². The molecule has 0 fully saturated rings. The van der Waals surface area contributed by atoms with Crippen LogP contribution in [-0.4, -0.2) is 15.0 Å². The number of aryl methyl sites for hydroxylation is 1. The Morgan fingerprint density at radius 3 is 1.27 bits per heavy atom. The van der Waals surface area contributed by atoms with Crippen LogP contribution < -0.4 is 0 Å². The van der Waals surface area contributed by atoms with Gasteiger partial charge in [-0.25, -0.2) is 15.0 Å². The van der Waals surface area contributed by atoms with E-state index in [1.807, 2.05) is 57.2 Å². The van der Waals surface area contributed by atoms with Gasteiger partial charge in [-0.15, -0.1) is 0 Å². The minimum Gasteiger partial charge on any atom is -0.225 e. The second kappa shape index (κ2) is 10.3. The van der Waals surface area contributed by atoms with Crippen LogP contribution in [0.4, 0.5) is 0 Å². The molecule has 3 nitrogen and oxygen atoms in total. The molecule has 0 bridgehead atoms. The van der Waals surface area contributed by atoms with E-state index in [1.54, 1.807) is 0 Å². The first kappa shape index (κ1) is 13.2. The zero-order valence-corrected chi connectivity index (χ0v) is 9.46. The van der Waals surface area contributed by atoms with Crippen LogP contribution in [0.25, 0.3) is 0 Å². The third-order valence-electron chi connectivity index (χ3n) is 1.29. The van der Waals surface area contributed by atoms with Crippen LogP contribution in [0.1, 0.15) is 19.7 Å². The molecule has 80 valence electrons. The monoisotopic (exact) mass is 203 g/mol. The predicted octanol–water partition coefficient (Wildman–Crippen LogP) is 2.89. The highest BCUT2D eigenvalue weighted by Crippen LogP contribution is 1.79. The van der Waals surface area contributed by atoms with Crippen LogP contribution in [-0.2, 0) is 0 Å². The number of hydrogen-bond donors (Lipinski definition) is 0. The van der Waals surface area contributed by atoms with Crippen molar-refractivity contribution in [3.8, 4) is 0 Å². The fourth-order valence-electron chi connectivity index (χ4n) is 0.682. The highest BCUT2D eigenvalue weighted by molar-refractivity contribution is 4.99. The predicted molar refractivity (Wildman–Crippen MR) is 62.4 cm³/mol. The molecule has 0 amide bonds. The van der Waals surface area contributed by atoms with Crippen molar-refractivity contribution in [2.75, 3.05) is 0 Å². The van der Waals surface area contributed by atoms with Gasteiger partial charge in [0.05, 0.1) is 0 Å². The fourth-order valence-corrected chi connectivity index (χ4v) is 0.682. The molecule has 1 aromatic heterocycles. The first-order chi connectivity index (χ1) is 7.39. The van der Waals surface area contributed by atoms with Crippen molar-refractivity contribution in [3.05, 3.63) is 54.9 Å². The SMILES string of the molecule is CC.Cc1ncncn1.c1ccccc1. The molecule has 0 saturated carbocycles. The molecule has 0 N–H and O–H groups in total. The van der Waals surface area contributed by atoms with Gasteiger partial charge in [-0.3, -0.25) is 0 Å². The van der Waals surface area contributed by atoms with Crippen LogP contribution in [0.2, 0.25) is 0 Å². The summed E-state index contributed by atoms with van der Waals surface area (Å²) in [5.74, 6) is 0.759. The normalized spacial score (nSPS) is 7.67. The minimum absolute atomic E-state index is 0.759. The molecule has 0 saturated heterocycles. The lowest BCUT2D eigenvalue weighted by molar-refractivity contribution is 0.974. The Hall–Kier alpha value is -1.77. The molecule has 2 aromatic rings. The Labute approximate surface area is 91.3 Å². The summed E-state index contributed by atoms with van der Waals surface area (Å²) in [6, 6.07) is 12.0. The summed E-state index contributed by atoms with van der Waals surface area (Å²) in [5.41, 5.74) is 0. The van der Waals surface area contributed by atoms with E-state index < -0.39 is 0 Å². The maximum absolute atomic E-state index is 3.76. The standard InChI is InChI=1S/C6H6.C4H5N3.C2H6/c1-2-4-6-5-3-1;1-4-6-2-5-3-7-4;1-2/h1-6H;2-3H,1H3;1-2H3. The Bertz CT molecular complexity index is 281. The van der Waals surface area contributed by atoms with Gasteiger partial charge in [0.1, 0.15) is 18.5 Å². The molecule has 2 rings (SSSR count). The minimum atomic E-state index is 0.759. The van der Waals surface area contributed by atoms with Gasteiger partial charge in [-0.1, -0.05) is 50.2 Å². The number of rotatable bonds is 0. The Balaban J connectivity index is 0.000000227.